The van der Waals surface area contributed by atoms with E-state index in [1.807, 2.05) is 27.8 Å². The molecule has 0 saturated carbocycles. The van der Waals surface area contributed by atoms with Crippen LogP contribution in [0.25, 0.3) is 11.0 Å². The smallest absolute Gasteiger partial charge is 0.410 e. The Morgan fingerprint density at radius 1 is 1.50 bits per heavy atom. The average molecular weight is 424 g/mol. The van der Waals surface area contributed by atoms with Crippen molar-refractivity contribution in [3.05, 3.63) is 16.9 Å². The van der Waals surface area contributed by atoms with E-state index in [0.717, 1.165) is 47.1 Å². The van der Waals surface area contributed by atoms with Crippen molar-refractivity contribution in [2.45, 2.75) is 45.3 Å². The molecule has 2 aromatic rings. The van der Waals surface area contributed by atoms with E-state index in [4.69, 9.17) is 10.5 Å². The van der Waals surface area contributed by atoms with Gasteiger partial charge in [0.1, 0.15) is 11.2 Å². The second-order valence-corrected chi connectivity index (χ2v) is 8.61. The second kappa shape index (κ2) is 6.98. The Balaban J connectivity index is 1.84. The quantitative estimate of drug-likeness (QED) is 0.767. The molecule has 3 rings (SSSR count). The Labute approximate surface area is 162 Å². The summed E-state index contributed by atoms with van der Waals surface area (Å²) in [7, 11) is 1.81. The van der Waals surface area contributed by atoms with Gasteiger partial charge in [-0.3, -0.25) is 0 Å². The number of nitrogens with one attached hydrogen (secondary N) is 1. The van der Waals surface area contributed by atoms with Crippen LogP contribution in [0.5, 0.6) is 0 Å². The predicted molar refractivity (Wildman–Crippen MR) is 107 cm³/mol. The van der Waals surface area contributed by atoms with Crippen molar-refractivity contribution in [1.29, 1.82) is 0 Å². The van der Waals surface area contributed by atoms with E-state index >= 15 is 0 Å². The number of rotatable bonds is 2. The molecule has 1 fully saturated rings. The van der Waals surface area contributed by atoms with Gasteiger partial charge in [0.2, 0.25) is 0 Å². The Kier molecular flexibility index (Phi) is 5.05. The van der Waals surface area contributed by atoms with Crippen LogP contribution in [0.4, 0.5) is 16.2 Å². The zero-order valence-corrected chi connectivity index (χ0v) is 17.3. The molecule has 8 heteroatoms. The van der Waals surface area contributed by atoms with Crippen LogP contribution >= 0.6 is 15.9 Å². The van der Waals surface area contributed by atoms with Gasteiger partial charge in [-0.1, -0.05) is 0 Å². The van der Waals surface area contributed by atoms with Gasteiger partial charge in [-0.15, -0.1) is 0 Å². The molecule has 1 atom stereocenters. The third kappa shape index (κ3) is 3.75. The van der Waals surface area contributed by atoms with Gasteiger partial charge in [-0.2, -0.15) is 0 Å². The highest BCUT2D eigenvalue weighted by Gasteiger charge is 2.31. The molecule has 142 valence electrons. The minimum atomic E-state index is -0.500. The SMILES string of the molecule is CN(C(=O)OC(C)(C)C)[C@@H]1CCCN(c2c(Br)cnc3[nH]cc(N)c23)C1. The minimum absolute atomic E-state index is 0.0777. The molecule has 0 aliphatic carbocycles. The molecule has 2 aromatic heterocycles. The number of likely N-dealkylation sites (N-methyl/N-ethyl adjacent to an activating group) is 1. The number of hydrogen-bond donors (Lipinski definition) is 2. The van der Waals surface area contributed by atoms with Crippen LogP contribution in [0, 0.1) is 0 Å². The van der Waals surface area contributed by atoms with Crippen molar-refractivity contribution in [2.24, 2.45) is 0 Å². The molecule has 3 heterocycles. The normalized spacial score (nSPS) is 18.2. The number of nitrogen functional groups attached to an aromatic ring is 1. The third-order valence-corrected chi connectivity index (χ3v) is 5.18. The molecule has 1 aliphatic heterocycles. The van der Waals surface area contributed by atoms with Crippen molar-refractivity contribution >= 4 is 44.4 Å². The maximum atomic E-state index is 12.4. The highest BCUT2D eigenvalue weighted by atomic mass is 79.9. The predicted octanol–water partition coefficient (Wildman–Crippen LogP) is 3.74. The minimum Gasteiger partial charge on any atom is -0.444 e. The Morgan fingerprint density at radius 2 is 2.23 bits per heavy atom. The number of pyridine rings is 1. The molecule has 0 spiro atoms. The topological polar surface area (TPSA) is 87.5 Å². The van der Waals surface area contributed by atoms with Crippen LogP contribution in [0.15, 0.2) is 16.9 Å². The second-order valence-electron chi connectivity index (χ2n) is 7.76. The summed E-state index contributed by atoms with van der Waals surface area (Å²) in [4.78, 5) is 23.9. The van der Waals surface area contributed by atoms with Crippen LogP contribution < -0.4 is 10.6 Å². The average Bonchev–Trinajstić information content (AvgIpc) is 2.94. The summed E-state index contributed by atoms with van der Waals surface area (Å²) in [6, 6.07) is 0.0777. The monoisotopic (exact) mass is 423 g/mol. The number of aromatic amines is 1. The number of nitrogens with zero attached hydrogens (tertiary/aromatic N) is 3. The summed E-state index contributed by atoms with van der Waals surface area (Å²) < 4.78 is 6.42. The van der Waals surface area contributed by atoms with Crippen molar-refractivity contribution < 1.29 is 9.53 Å². The first-order valence-electron chi connectivity index (χ1n) is 8.79. The highest BCUT2D eigenvalue weighted by molar-refractivity contribution is 9.10. The molecule has 7 nitrogen and oxygen atoms in total. The lowest BCUT2D eigenvalue weighted by Gasteiger charge is -2.39. The van der Waals surface area contributed by atoms with Crippen LogP contribution in [0.1, 0.15) is 33.6 Å². The van der Waals surface area contributed by atoms with Gasteiger partial charge >= 0.3 is 6.09 Å². The molecule has 0 radical (unpaired) electrons. The zero-order valence-electron chi connectivity index (χ0n) is 15.7. The number of amides is 1. The van der Waals surface area contributed by atoms with Gasteiger partial charge in [0.05, 0.1) is 27.3 Å². The summed E-state index contributed by atoms with van der Waals surface area (Å²) in [5.74, 6) is 0. The molecular formula is C18H26BrN5O2. The van der Waals surface area contributed by atoms with Gasteiger partial charge in [-0.05, 0) is 49.5 Å². The molecule has 1 aliphatic rings. The molecule has 0 unspecified atom stereocenters. The largest absolute Gasteiger partial charge is 0.444 e. The van der Waals surface area contributed by atoms with Crippen LogP contribution in [0.2, 0.25) is 0 Å². The fourth-order valence-electron chi connectivity index (χ4n) is 3.35. The van der Waals surface area contributed by atoms with Crippen molar-refractivity contribution in [3.8, 4) is 0 Å². The maximum Gasteiger partial charge on any atom is 0.410 e. The number of hydrogen-bond acceptors (Lipinski definition) is 5. The van der Waals surface area contributed by atoms with Crippen LogP contribution in [-0.2, 0) is 4.74 Å². The first-order chi connectivity index (χ1) is 12.2. The zero-order chi connectivity index (χ0) is 19.1. The van der Waals surface area contributed by atoms with E-state index < -0.39 is 5.60 Å². The number of fused-ring (bicyclic) bond motifs is 1. The number of carbonyl (C=O) groups is 1. The van der Waals surface area contributed by atoms with Gasteiger partial charge in [0.15, 0.2) is 0 Å². The molecular weight excluding hydrogens is 398 g/mol. The summed E-state index contributed by atoms with van der Waals surface area (Å²) in [6.07, 6.45) is 5.19. The maximum absolute atomic E-state index is 12.4. The van der Waals surface area contributed by atoms with E-state index in [9.17, 15) is 4.79 Å². The van der Waals surface area contributed by atoms with E-state index in [0.29, 0.717) is 5.69 Å². The fourth-order valence-corrected chi connectivity index (χ4v) is 3.90. The number of H-pyrrole nitrogens is 1. The lowest BCUT2D eigenvalue weighted by Crippen LogP contribution is -2.50. The number of halogens is 1. The van der Waals surface area contributed by atoms with Crippen LogP contribution in [0.3, 0.4) is 0 Å². The van der Waals surface area contributed by atoms with Gasteiger partial charge in [-0.25, -0.2) is 9.78 Å². The molecule has 26 heavy (non-hydrogen) atoms. The Morgan fingerprint density at radius 3 is 2.92 bits per heavy atom. The fraction of sp³-hybridized carbons (Fsp3) is 0.556. The first kappa shape index (κ1) is 18.8. The Hall–Kier alpha value is -1.96. The van der Waals surface area contributed by atoms with Gasteiger partial charge < -0.3 is 25.3 Å². The third-order valence-electron chi connectivity index (χ3n) is 4.60. The summed E-state index contributed by atoms with van der Waals surface area (Å²) >= 11 is 3.62. The number of nitrogens with two attached hydrogens (primary N) is 1. The summed E-state index contributed by atoms with van der Waals surface area (Å²) in [6.45, 7) is 7.27. The first-order valence-corrected chi connectivity index (χ1v) is 9.58. The van der Waals surface area contributed by atoms with Crippen molar-refractivity contribution in [2.75, 3.05) is 30.8 Å². The standard InChI is InChI=1S/C18H26BrN5O2/c1-18(2,3)26-17(25)23(4)11-6-5-7-24(10-11)15-12(19)8-21-16-14(15)13(20)9-22-16/h8-9,11H,5-7,10,20H2,1-4H3,(H,21,22)/t11-/m1/s1. The highest BCUT2D eigenvalue weighted by Crippen LogP contribution is 2.38. The lowest BCUT2D eigenvalue weighted by atomic mass is 10.0. The Bertz CT molecular complexity index is 814. The number of piperidine rings is 1. The number of carbonyl (C=O) groups excluding carboxylic acids is 1. The van der Waals surface area contributed by atoms with Crippen molar-refractivity contribution in [1.82, 2.24) is 14.9 Å². The number of anilines is 2. The molecule has 0 aromatic carbocycles. The van der Waals surface area contributed by atoms with E-state index in [2.05, 4.69) is 30.8 Å². The molecule has 1 amide bonds. The van der Waals surface area contributed by atoms with E-state index in [-0.39, 0.29) is 12.1 Å². The number of aromatic nitrogens is 2. The summed E-state index contributed by atoms with van der Waals surface area (Å²) in [5.41, 5.74) is 8.12. The van der Waals surface area contributed by atoms with Gasteiger partial charge in [0.25, 0.3) is 0 Å². The molecule has 1 saturated heterocycles. The van der Waals surface area contributed by atoms with Crippen LogP contribution in [-0.4, -0.2) is 52.7 Å². The lowest BCUT2D eigenvalue weighted by molar-refractivity contribution is 0.0210. The van der Waals surface area contributed by atoms with Gasteiger partial charge in [0, 0.05) is 32.5 Å². The van der Waals surface area contributed by atoms with E-state index in [1.165, 1.54) is 0 Å². The number of ether oxygens (including phenoxy) is 1. The van der Waals surface area contributed by atoms with Crippen molar-refractivity contribution in [3.63, 3.8) is 0 Å². The summed E-state index contributed by atoms with van der Waals surface area (Å²) in [5, 5.41) is 0.917. The molecule has 3 N–H and O–H groups in total. The van der Waals surface area contributed by atoms with E-state index in [1.54, 1.807) is 17.3 Å². The molecule has 0 bridgehead atoms.